The first-order valence-electron chi connectivity index (χ1n) is 8.90. The number of benzene rings is 1. The maximum Gasteiger partial charge on any atom is 0.339 e. The second-order valence-electron chi connectivity index (χ2n) is 6.59. The number of thioether (sulfide) groups is 1. The van der Waals surface area contributed by atoms with Crippen molar-refractivity contribution in [3.05, 3.63) is 59.0 Å². The van der Waals surface area contributed by atoms with Crippen LogP contribution >= 0.6 is 11.8 Å². The second-order valence-corrected chi connectivity index (χ2v) is 7.90. The number of carbonyl (C=O) groups is 2. The Morgan fingerprint density at radius 2 is 1.89 bits per heavy atom. The summed E-state index contributed by atoms with van der Waals surface area (Å²) >= 11 is 1.39. The summed E-state index contributed by atoms with van der Waals surface area (Å²) in [6.45, 7) is 5.37. The van der Waals surface area contributed by atoms with E-state index in [4.69, 9.17) is 4.74 Å². The summed E-state index contributed by atoms with van der Waals surface area (Å²) in [4.78, 5) is 32.5. The van der Waals surface area contributed by atoms with E-state index < -0.39 is 5.97 Å². The third kappa shape index (κ3) is 3.62. The standard InChI is InChI=1S/C21H23N3O3S/c1-12-17(20(26)27-5)13(2)23-18(12)19(25)14(3)28-21-22-11-16(24(21)4)15-9-7-6-8-10-15/h6-11,14,23H,1-5H3/t14-/m0/s1. The van der Waals surface area contributed by atoms with Crippen molar-refractivity contribution in [2.75, 3.05) is 7.11 Å². The summed E-state index contributed by atoms with van der Waals surface area (Å²) in [5, 5.41) is 0.390. The molecule has 1 N–H and O–H groups in total. The van der Waals surface area contributed by atoms with Crippen molar-refractivity contribution in [3.8, 4) is 11.3 Å². The van der Waals surface area contributed by atoms with Crippen LogP contribution in [-0.4, -0.2) is 38.6 Å². The number of carbonyl (C=O) groups excluding carboxylic acids is 2. The molecule has 0 fully saturated rings. The van der Waals surface area contributed by atoms with Gasteiger partial charge in [-0.1, -0.05) is 42.1 Å². The first-order chi connectivity index (χ1) is 13.3. The Morgan fingerprint density at radius 1 is 1.21 bits per heavy atom. The number of aromatic amines is 1. The number of nitrogens with one attached hydrogen (secondary N) is 1. The van der Waals surface area contributed by atoms with Gasteiger partial charge in [0.05, 0.1) is 35.5 Å². The normalized spacial score (nSPS) is 12.0. The highest BCUT2D eigenvalue weighted by Crippen LogP contribution is 2.30. The van der Waals surface area contributed by atoms with Crippen LogP contribution in [0.25, 0.3) is 11.3 Å². The quantitative estimate of drug-likeness (QED) is 0.384. The average Bonchev–Trinajstić information content (AvgIpc) is 3.20. The van der Waals surface area contributed by atoms with Crippen LogP contribution in [0.15, 0.2) is 41.7 Å². The number of aromatic nitrogens is 3. The maximum atomic E-state index is 13.0. The van der Waals surface area contributed by atoms with Crippen molar-refractivity contribution in [1.29, 1.82) is 0 Å². The lowest BCUT2D eigenvalue weighted by Gasteiger charge is -2.11. The van der Waals surface area contributed by atoms with Crippen LogP contribution in [-0.2, 0) is 11.8 Å². The topological polar surface area (TPSA) is 77.0 Å². The van der Waals surface area contributed by atoms with E-state index in [-0.39, 0.29) is 11.0 Å². The van der Waals surface area contributed by atoms with E-state index in [9.17, 15) is 9.59 Å². The van der Waals surface area contributed by atoms with E-state index >= 15 is 0 Å². The largest absolute Gasteiger partial charge is 0.465 e. The molecule has 2 aromatic heterocycles. The van der Waals surface area contributed by atoms with Crippen LogP contribution in [0.4, 0.5) is 0 Å². The molecular formula is C21H23N3O3S. The number of hydrogen-bond acceptors (Lipinski definition) is 5. The molecule has 0 aliphatic carbocycles. The van der Waals surface area contributed by atoms with Crippen LogP contribution < -0.4 is 0 Å². The summed E-state index contributed by atoms with van der Waals surface area (Å²) in [5.41, 5.74) is 4.17. The van der Waals surface area contributed by atoms with Crippen LogP contribution in [0.3, 0.4) is 0 Å². The molecule has 28 heavy (non-hydrogen) atoms. The summed E-state index contributed by atoms with van der Waals surface area (Å²) < 4.78 is 6.80. The molecule has 0 amide bonds. The van der Waals surface area contributed by atoms with E-state index in [0.29, 0.717) is 22.5 Å². The van der Waals surface area contributed by atoms with Crippen molar-refractivity contribution < 1.29 is 14.3 Å². The van der Waals surface area contributed by atoms with Crippen LogP contribution in [0.2, 0.25) is 0 Å². The monoisotopic (exact) mass is 397 g/mol. The van der Waals surface area contributed by atoms with Gasteiger partial charge in [0.25, 0.3) is 0 Å². The predicted octanol–water partition coefficient (Wildman–Crippen LogP) is 4.18. The number of H-pyrrole nitrogens is 1. The first kappa shape index (κ1) is 19.9. The fourth-order valence-corrected chi connectivity index (χ4v) is 4.11. The molecule has 6 nitrogen and oxygen atoms in total. The second kappa shape index (κ2) is 8.06. The molecule has 0 aliphatic rings. The molecule has 3 aromatic rings. The number of hydrogen-bond donors (Lipinski definition) is 1. The average molecular weight is 398 g/mol. The number of rotatable bonds is 6. The van der Waals surface area contributed by atoms with Crippen molar-refractivity contribution >= 4 is 23.5 Å². The zero-order valence-electron chi connectivity index (χ0n) is 16.6. The van der Waals surface area contributed by atoms with Crippen LogP contribution in [0.1, 0.15) is 39.0 Å². The van der Waals surface area contributed by atoms with E-state index in [1.54, 1.807) is 13.8 Å². The summed E-state index contributed by atoms with van der Waals surface area (Å²) in [5.74, 6) is -0.521. The van der Waals surface area contributed by atoms with Crippen molar-refractivity contribution in [3.63, 3.8) is 0 Å². The highest BCUT2D eigenvalue weighted by Gasteiger charge is 2.27. The Morgan fingerprint density at radius 3 is 2.54 bits per heavy atom. The summed E-state index contributed by atoms with van der Waals surface area (Å²) in [6.07, 6.45) is 1.81. The number of esters is 1. The van der Waals surface area contributed by atoms with Gasteiger partial charge in [-0.25, -0.2) is 9.78 Å². The number of ketones is 1. The lowest BCUT2D eigenvalue weighted by Crippen LogP contribution is -2.16. The van der Waals surface area contributed by atoms with Crippen LogP contribution in [0.5, 0.6) is 0 Å². The third-order valence-corrected chi connectivity index (χ3v) is 5.90. The lowest BCUT2D eigenvalue weighted by molar-refractivity contribution is 0.0599. The molecule has 2 heterocycles. The van der Waals surface area contributed by atoms with Gasteiger partial charge in [-0.05, 0) is 31.9 Å². The van der Waals surface area contributed by atoms with Gasteiger partial charge in [0.2, 0.25) is 0 Å². The molecule has 0 aliphatic heterocycles. The molecule has 0 bridgehead atoms. The predicted molar refractivity (Wildman–Crippen MR) is 110 cm³/mol. The first-order valence-corrected chi connectivity index (χ1v) is 9.78. The number of ether oxygens (including phenoxy) is 1. The van der Waals surface area contributed by atoms with Gasteiger partial charge in [-0.15, -0.1) is 0 Å². The van der Waals surface area contributed by atoms with Gasteiger partial charge >= 0.3 is 5.97 Å². The Labute approximate surface area is 168 Å². The molecule has 146 valence electrons. The number of methoxy groups -OCH3 is 1. The fourth-order valence-electron chi connectivity index (χ4n) is 3.20. The van der Waals surface area contributed by atoms with Gasteiger partial charge < -0.3 is 14.3 Å². The fraction of sp³-hybridized carbons (Fsp3) is 0.286. The minimum absolute atomic E-state index is 0.0787. The molecule has 0 unspecified atom stereocenters. The minimum atomic E-state index is -0.442. The van der Waals surface area contributed by atoms with Crippen molar-refractivity contribution in [1.82, 2.24) is 14.5 Å². The summed E-state index contributed by atoms with van der Waals surface area (Å²) in [6, 6.07) is 9.99. The number of Topliss-reactive ketones (excluding diaryl/α,β-unsaturated/α-hetero) is 1. The van der Waals surface area contributed by atoms with Gasteiger partial charge in [-0.2, -0.15) is 0 Å². The van der Waals surface area contributed by atoms with E-state index in [2.05, 4.69) is 9.97 Å². The summed E-state index contributed by atoms with van der Waals surface area (Å²) in [7, 11) is 3.27. The molecule has 3 rings (SSSR count). The SMILES string of the molecule is COC(=O)c1c(C)[nH]c(C(=O)[C@H](C)Sc2ncc(-c3ccccc3)n2C)c1C. The zero-order chi connectivity index (χ0) is 20.4. The molecule has 1 aromatic carbocycles. The highest BCUT2D eigenvalue weighted by molar-refractivity contribution is 8.00. The van der Waals surface area contributed by atoms with E-state index in [1.165, 1.54) is 18.9 Å². The molecule has 0 radical (unpaired) electrons. The van der Waals surface area contributed by atoms with Crippen molar-refractivity contribution in [2.24, 2.45) is 7.05 Å². The number of aryl methyl sites for hydroxylation is 1. The van der Waals surface area contributed by atoms with E-state index in [1.807, 2.05) is 55.1 Å². The molecule has 7 heteroatoms. The lowest BCUT2D eigenvalue weighted by atomic mass is 10.1. The maximum absolute atomic E-state index is 13.0. The van der Waals surface area contributed by atoms with Crippen LogP contribution in [0, 0.1) is 13.8 Å². The smallest absolute Gasteiger partial charge is 0.339 e. The van der Waals surface area contributed by atoms with Gasteiger partial charge in [-0.3, -0.25) is 4.79 Å². The molecule has 0 saturated carbocycles. The minimum Gasteiger partial charge on any atom is -0.465 e. The third-order valence-electron chi connectivity index (χ3n) is 4.74. The molecule has 0 spiro atoms. The Bertz CT molecular complexity index is 1020. The zero-order valence-corrected chi connectivity index (χ0v) is 17.4. The number of imidazole rings is 1. The van der Waals surface area contributed by atoms with Gasteiger partial charge in [0, 0.05) is 12.7 Å². The van der Waals surface area contributed by atoms with Crippen molar-refractivity contribution in [2.45, 2.75) is 31.2 Å². The molecule has 0 saturated heterocycles. The Hall–Kier alpha value is -2.80. The molecule has 1 atom stereocenters. The molecular weight excluding hydrogens is 374 g/mol. The highest BCUT2D eigenvalue weighted by atomic mass is 32.2. The Balaban J connectivity index is 1.83. The van der Waals surface area contributed by atoms with E-state index in [0.717, 1.165) is 16.4 Å². The van der Waals surface area contributed by atoms with Gasteiger partial charge in [0.15, 0.2) is 10.9 Å². The Kier molecular flexibility index (Phi) is 5.74. The van der Waals surface area contributed by atoms with Gasteiger partial charge in [0.1, 0.15) is 0 Å². The number of nitrogens with zero attached hydrogens (tertiary/aromatic N) is 2.